The lowest BCUT2D eigenvalue weighted by Crippen LogP contribution is -2.25. The quantitative estimate of drug-likeness (QED) is 0.941. The van der Waals surface area contributed by atoms with E-state index in [4.69, 9.17) is 0 Å². The van der Waals surface area contributed by atoms with Crippen molar-refractivity contribution in [2.75, 3.05) is 6.54 Å². The van der Waals surface area contributed by atoms with Crippen LogP contribution in [0, 0.1) is 5.82 Å². The van der Waals surface area contributed by atoms with Crippen LogP contribution in [0.2, 0.25) is 0 Å². The van der Waals surface area contributed by atoms with Gasteiger partial charge in [-0.15, -0.1) is 5.10 Å². The monoisotopic (exact) mass is 294 g/mol. The lowest BCUT2D eigenvalue weighted by Gasteiger charge is -2.22. The molecular formula is C14H19FN4S. The van der Waals surface area contributed by atoms with Gasteiger partial charge in [0.2, 0.25) is 0 Å². The minimum Gasteiger partial charge on any atom is -0.306 e. The first-order valence-corrected chi connectivity index (χ1v) is 7.37. The molecule has 0 fully saturated rings. The van der Waals surface area contributed by atoms with Gasteiger partial charge in [0, 0.05) is 11.6 Å². The van der Waals surface area contributed by atoms with Gasteiger partial charge in [0.25, 0.3) is 0 Å². The van der Waals surface area contributed by atoms with Gasteiger partial charge in [0.1, 0.15) is 5.82 Å². The Kier molecular flexibility index (Phi) is 4.45. The molecule has 0 amide bonds. The van der Waals surface area contributed by atoms with Gasteiger partial charge in [0.15, 0.2) is 0 Å². The van der Waals surface area contributed by atoms with Crippen LogP contribution in [-0.2, 0) is 5.41 Å². The van der Waals surface area contributed by atoms with Gasteiger partial charge in [0.05, 0.1) is 22.8 Å². The Balaban J connectivity index is 2.47. The molecule has 108 valence electrons. The predicted molar refractivity (Wildman–Crippen MR) is 78.3 cm³/mol. The van der Waals surface area contributed by atoms with Gasteiger partial charge in [-0.25, -0.2) is 4.39 Å². The first-order chi connectivity index (χ1) is 9.43. The fourth-order valence-corrected chi connectivity index (χ4v) is 3.03. The van der Waals surface area contributed by atoms with E-state index < -0.39 is 0 Å². The standard InChI is InChI=1S/C14H19FN4S/c1-5-17-11(9-6-10(15)8-16-7-9)12-13(14(2,3)4)18-19-20-12/h6-8,11,17H,5H2,1-4H3. The summed E-state index contributed by atoms with van der Waals surface area (Å²) in [7, 11) is 0. The summed E-state index contributed by atoms with van der Waals surface area (Å²) in [5.74, 6) is -0.333. The smallest absolute Gasteiger partial charge is 0.141 e. The van der Waals surface area contributed by atoms with E-state index in [1.54, 1.807) is 6.20 Å². The van der Waals surface area contributed by atoms with Crippen molar-refractivity contribution in [3.8, 4) is 0 Å². The summed E-state index contributed by atoms with van der Waals surface area (Å²) in [6.45, 7) is 9.08. The van der Waals surface area contributed by atoms with Crippen molar-refractivity contribution in [1.29, 1.82) is 0 Å². The molecule has 2 heterocycles. The van der Waals surface area contributed by atoms with Crippen molar-refractivity contribution in [3.63, 3.8) is 0 Å². The summed E-state index contributed by atoms with van der Waals surface area (Å²) in [4.78, 5) is 4.96. The normalized spacial score (nSPS) is 13.4. The van der Waals surface area contributed by atoms with Crippen LogP contribution in [0.3, 0.4) is 0 Å². The molecule has 1 atom stereocenters. The molecule has 0 bridgehead atoms. The molecule has 4 nitrogen and oxygen atoms in total. The lowest BCUT2D eigenvalue weighted by molar-refractivity contribution is 0.541. The van der Waals surface area contributed by atoms with Crippen molar-refractivity contribution in [1.82, 2.24) is 19.9 Å². The minimum atomic E-state index is -0.333. The largest absolute Gasteiger partial charge is 0.306 e. The molecule has 0 aliphatic heterocycles. The van der Waals surface area contributed by atoms with E-state index >= 15 is 0 Å². The molecule has 1 N–H and O–H groups in total. The van der Waals surface area contributed by atoms with Crippen LogP contribution in [-0.4, -0.2) is 21.1 Å². The average molecular weight is 294 g/mol. The summed E-state index contributed by atoms with van der Waals surface area (Å²) in [6, 6.07) is 1.38. The number of nitrogens with one attached hydrogen (secondary N) is 1. The zero-order valence-electron chi connectivity index (χ0n) is 12.1. The molecule has 20 heavy (non-hydrogen) atoms. The summed E-state index contributed by atoms with van der Waals surface area (Å²) < 4.78 is 17.5. The van der Waals surface area contributed by atoms with Crippen LogP contribution in [0.25, 0.3) is 0 Å². The molecule has 0 radical (unpaired) electrons. The highest BCUT2D eigenvalue weighted by atomic mass is 32.1. The van der Waals surface area contributed by atoms with Crippen molar-refractivity contribution in [2.45, 2.75) is 39.2 Å². The fraction of sp³-hybridized carbons (Fsp3) is 0.500. The van der Waals surface area contributed by atoms with Crippen LogP contribution in [0.4, 0.5) is 4.39 Å². The number of nitrogens with zero attached hydrogens (tertiary/aromatic N) is 3. The zero-order chi connectivity index (χ0) is 14.8. The van der Waals surface area contributed by atoms with E-state index in [0.717, 1.165) is 22.7 Å². The molecule has 6 heteroatoms. The van der Waals surface area contributed by atoms with Crippen molar-refractivity contribution >= 4 is 11.5 Å². The van der Waals surface area contributed by atoms with E-state index in [1.165, 1.54) is 23.8 Å². The topological polar surface area (TPSA) is 50.7 Å². The molecular weight excluding hydrogens is 275 g/mol. The van der Waals surface area contributed by atoms with Gasteiger partial charge in [-0.05, 0) is 29.7 Å². The third kappa shape index (κ3) is 3.19. The second-order valence-electron chi connectivity index (χ2n) is 5.66. The van der Waals surface area contributed by atoms with Crippen LogP contribution < -0.4 is 5.32 Å². The van der Waals surface area contributed by atoms with Gasteiger partial charge < -0.3 is 5.32 Å². The molecule has 0 spiro atoms. The molecule has 0 aliphatic rings. The van der Waals surface area contributed by atoms with Gasteiger partial charge >= 0.3 is 0 Å². The Hall–Kier alpha value is -1.40. The Morgan fingerprint density at radius 1 is 1.35 bits per heavy atom. The number of pyridine rings is 1. The van der Waals surface area contributed by atoms with Gasteiger partial charge in [-0.2, -0.15) is 0 Å². The first-order valence-electron chi connectivity index (χ1n) is 6.60. The third-order valence-electron chi connectivity index (χ3n) is 2.95. The molecule has 0 saturated carbocycles. The molecule has 0 aliphatic carbocycles. The van der Waals surface area contributed by atoms with E-state index in [1.807, 2.05) is 6.92 Å². The van der Waals surface area contributed by atoms with Crippen LogP contribution in [0.15, 0.2) is 18.5 Å². The fourth-order valence-electron chi connectivity index (χ4n) is 2.06. The lowest BCUT2D eigenvalue weighted by atomic mass is 9.89. The first kappa shape index (κ1) is 15.0. The number of aromatic nitrogens is 3. The summed E-state index contributed by atoms with van der Waals surface area (Å²) in [5.41, 5.74) is 1.64. The van der Waals surface area contributed by atoms with E-state index in [-0.39, 0.29) is 17.3 Å². The van der Waals surface area contributed by atoms with E-state index in [9.17, 15) is 4.39 Å². The second-order valence-corrected chi connectivity index (χ2v) is 6.45. The zero-order valence-corrected chi connectivity index (χ0v) is 13.0. The Labute approximate surface area is 122 Å². The van der Waals surface area contributed by atoms with Crippen molar-refractivity contribution < 1.29 is 4.39 Å². The maximum absolute atomic E-state index is 13.4. The number of hydrogen-bond acceptors (Lipinski definition) is 5. The summed E-state index contributed by atoms with van der Waals surface area (Å²) in [6.07, 6.45) is 2.89. The molecule has 2 rings (SSSR count). The maximum Gasteiger partial charge on any atom is 0.141 e. The highest BCUT2D eigenvalue weighted by molar-refractivity contribution is 7.05. The Bertz CT molecular complexity index is 577. The number of halogens is 1. The molecule has 0 aromatic carbocycles. The molecule has 2 aromatic heterocycles. The Morgan fingerprint density at radius 3 is 2.70 bits per heavy atom. The number of hydrogen-bond donors (Lipinski definition) is 1. The molecule has 1 unspecified atom stereocenters. The van der Waals surface area contributed by atoms with Crippen LogP contribution >= 0.6 is 11.5 Å². The second kappa shape index (κ2) is 5.93. The SMILES string of the molecule is CCNC(c1cncc(F)c1)c1snnc1C(C)(C)C. The maximum atomic E-state index is 13.4. The predicted octanol–water partition coefficient (Wildman–Crippen LogP) is 3.07. The highest BCUT2D eigenvalue weighted by Gasteiger charge is 2.28. The van der Waals surface area contributed by atoms with Crippen molar-refractivity contribution in [3.05, 3.63) is 40.4 Å². The van der Waals surface area contributed by atoms with Gasteiger partial charge in [-0.1, -0.05) is 32.2 Å². The number of rotatable bonds is 4. The Morgan fingerprint density at radius 2 is 2.10 bits per heavy atom. The van der Waals surface area contributed by atoms with Crippen LogP contribution in [0.1, 0.15) is 49.9 Å². The minimum absolute atomic E-state index is 0.100. The third-order valence-corrected chi connectivity index (χ3v) is 3.74. The van der Waals surface area contributed by atoms with Crippen molar-refractivity contribution in [2.24, 2.45) is 0 Å². The van der Waals surface area contributed by atoms with E-state index in [2.05, 4.69) is 40.7 Å². The average Bonchev–Trinajstić information content (AvgIpc) is 2.84. The van der Waals surface area contributed by atoms with Crippen LogP contribution in [0.5, 0.6) is 0 Å². The molecule has 2 aromatic rings. The summed E-state index contributed by atoms with van der Waals surface area (Å²) in [5, 5.41) is 7.62. The van der Waals surface area contributed by atoms with Gasteiger partial charge in [-0.3, -0.25) is 4.98 Å². The summed E-state index contributed by atoms with van der Waals surface area (Å²) >= 11 is 1.35. The van der Waals surface area contributed by atoms with E-state index in [0.29, 0.717) is 0 Å². The molecule has 0 saturated heterocycles. The highest BCUT2D eigenvalue weighted by Crippen LogP contribution is 2.33.